The molecule has 0 bridgehead atoms. The lowest BCUT2D eigenvalue weighted by atomic mass is 9.41. The number of fused-ring (bicyclic) bond motifs is 2. The molecule has 4 heteroatoms. The number of benzene rings is 1. The van der Waals surface area contributed by atoms with Gasteiger partial charge in [-0.1, -0.05) is 52.3 Å². The summed E-state index contributed by atoms with van der Waals surface area (Å²) in [7, 11) is 1.53. The van der Waals surface area contributed by atoms with Crippen molar-refractivity contribution < 1.29 is 19.4 Å². The Morgan fingerprint density at radius 3 is 2.43 bits per heavy atom. The Morgan fingerprint density at radius 2 is 1.70 bits per heavy atom. The summed E-state index contributed by atoms with van der Waals surface area (Å²) in [6.45, 7) is 17.2. The van der Waals surface area contributed by atoms with Crippen molar-refractivity contribution in [3.05, 3.63) is 41.5 Å². The van der Waals surface area contributed by atoms with Gasteiger partial charge in [0.05, 0.1) is 7.11 Å². The molecule has 242 valence electrons. The van der Waals surface area contributed by atoms with E-state index in [9.17, 15) is 9.90 Å². The van der Waals surface area contributed by atoms with E-state index in [4.69, 9.17) is 9.47 Å². The van der Waals surface area contributed by atoms with Crippen LogP contribution in [-0.2, 0) is 9.53 Å². The van der Waals surface area contributed by atoms with Crippen LogP contribution in [0.4, 0.5) is 0 Å². The Kier molecular flexibility index (Phi) is 7.89. The highest BCUT2D eigenvalue weighted by molar-refractivity contribution is 5.87. The molecule has 0 unspecified atom stereocenters. The summed E-state index contributed by atoms with van der Waals surface area (Å²) in [5.74, 6) is 3.33. The number of allylic oxidation sites excluding steroid dienone is 2. The van der Waals surface area contributed by atoms with E-state index in [2.05, 4.69) is 54.5 Å². The topological polar surface area (TPSA) is 55.8 Å². The van der Waals surface area contributed by atoms with Crippen LogP contribution < -0.4 is 4.74 Å². The van der Waals surface area contributed by atoms with Gasteiger partial charge in [-0.05, 0) is 154 Å². The van der Waals surface area contributed by atoms with E-state index in [-0.39, 0.29) is 23.2 Å². The number of hydrogen-bond acceptors (Lipinski definition) is 4. The summed E-state index contributed by atoms with van der Waals surface area (Å²) >= 11 is 0. The number of phenolic OH excluding ortho intramolecular Hbond substituents is 1. The van der Waals surface area contributed by atoms with E-state index in [1.54, 1.807) is 24.3 Å². The summed E-state index contributed by atoms with van der Waals surface area (Å²) in [5.41, 5.74) is 4.08. The van der Waals surface area contributed by atoms with Gasteiger partial charge >= 0.3 is 5.97 Å². The second kappa shape index (κ2) is 10.9. The van der Waals surface area contributed by atoms with Crippen LogP contribution >= 0.6 is 0 Å². The average Bonchev–Trinajstić information content (AvgIpc) is 3.55. The van der Waals surface area contributed by atoms with Crippen molar-refractivity contribution in [3.8, 4) is 11.5 Å². The van der Waals surface area contributed by atoms with Gasteiger partial charge in [0.15, 0.2) is 11.5 Å². The van der Waals surface area contributed by atoms with Crippen LogP contribution in [0.3, 0.4) is 0 Å². The van der Waals surface area contributed by atoms with Gasteiger partial charge in [0.25, 0.3) is 0 Å². The minimum Gasteiger partial charge on any atom is -0.504 e. The van der Waals surface area contributed by atoms with E-state index >= 15 is 0 Å². The monoisotopic (exact) mass is 602 g/mol. The molecule has 0 saturated heterocycles. The summed E-state index contributed by atoms with van der Waals surface area (Å²) in [6.07, 6.45) is 20.1. The SMILES string of the molecule is COc1cc(/C=C\C(=O)O[C@H]2CC[C@]34C[C@]35CC[C@]3(C)[C@@H]([C@H](C)CCC=C(C)C)CC[C@@]3(C)[C@@H]5CC[C@@H]4C2(C)C)ccc1O. The summed E-state index contributed by atoms with van der Waals surface area (Å²) < 4.78 is 11.4. The van der Waals surface area contributed by atoms with Crippen molar-refractivity contribution in [3.63, 3.8) is 0 Å². The van der Waals surface area contributed by atoms with Crippen molar-refractivity contribution in [1.82, 2.24) is 0 Å². The number of methoxy groups -OCH3 is 1. The zero-order chi connectivity index (χ0) is 31.7. The van der Waals surface area contributed by atoms with Crippen LogP contribution in [0.1, 0.15) is 125 Å². The highest BCUT2D eigenvalue weighted by atomic mass is 16.5. The Hall–Kier alpha value is -2.23. The second-order valence-electron chi connectivity index (χ2n) is 17.0. The van der Waals surface area contributed by atoms with E-state index in [0.29, 0.717) is 33.3 Å². The van der Waals surface area contributed by atoms with Gasteiger partial charge in [0.2, 0.25) is 0 Å². The Morgan fingerprint density at radius 1 is 0.977 bits per heavy atom. The number of phenols is 1. The molecular weight excluding hydrogens is 544 g/mol. The maximum absolute atomic E-state index is 13.1. The van der Waals surface area contributed by atoms with Gasteiger partial charge in [0, 0.05) is 11.5 Å². The molecule has 5 fully saturated rings. The van der Waals surface area contributed by atoms with Gasteiger partial charge in [-0.15, -0.1) is 0 Å². The van der Waals surface area contributed by atoms with Crippen molar-refractivity contribution in [1.29, 1.82) is 0 Å². The van der Waals surface area contributed by atoms with Crippen molar-refractivity contribution in [2.24, 2.45) is 50.7 Å². The highest BCUT2D eigenvalue weighted by Gasteiger charge is 2.82. The lowest BCUT2D eigenvalue weighted by molar-refractivity contribution is -0.179. The largest absolute Gasteiger partial charge is 0.504 e. The molecule has 0 heterocycles. The first kappa shape index (κ1) is 31.7. The lowest BCUT2D eigenvalue weighted by Crippen LogP contribution is -2.58. The predicted octanol–water partition coefficient (Wildman–Crippen LogP) is 10.1. The molecule has 9 atom stereocenters. The molecule has 1 aromatic rings. The first-order valence-corrected chi connectivity index (χ1v) is 17.6. The molecule has 6 rings (SSSR count). The Labute approximate surface area is 267 Å². The first-order chi connectivity index (χ1) is 20.7. The minimum atomic E-state index is -0.276. The molecule has 44 heavy (non-hydrogen) atoms. The van der Waals surface area contributed by atoms with Crippen molar-refractivity contribution >= 4 is 12.0 Å². The van der Waals surface area contributed by atoms with E-state index in [1.165, 1.54) is 83.0 Å². The lowest BCUT2D eigenvalue weighted by Gasteiger charge is -2.63. The van der Waals surface area contributed by atoms with E-state index < -0.39 is 0 Å². The van der Waals surface area contributed by atoms with Gasteiger partial charge < -0.3 is 14.6 Å². The molecule has 5 saturated carbocycles. The van der Waals surface area contributed by atoms with Gasteiger partial charge in [0.1, 0.15) is 6.10 Å². The zero-order valence-corrected chi connectivity index (χ0v) is 28.8. The fraction of sp³-hybridized carbons (Fsp3) is 0.725. The van der Waals surface area contributed by atoms with Crippen molar-refractivity contribution in [2.45, 2.75) is 125 Å². The zero-order valence-electron chi connectivity index (χ0n) is 28.8. The number of hydrogen-bond donors (Lipinski definition) is 1. The number of ether oxygens (including phenoxy) is 2. The molecule has 4 nitrogen and oxygen atoms in total. The number of rotatable bonds is 8. The van der Waals surface area contributed by atoms with Crippen LogP contribution in [-0.4, -0.2) is 24.3 Å². The second-order valence-corrected chi connectivity index (χ2v) is 17.0. The van der Waals surface area contributed by atoms with Gasteiger partial charge in [-0.25, -0.2) is 4.79 Å². The third-order valence-electron chi connectivity index (χ3n) is 14.8. The normalized spacial score (nSPS) is 40.6. The number of aromatic hydroxyl groups is 1. The fourth-order valence-electron chi connectivity index (χ4n) is 12.5. The predicted molar refractivity (Wildman–Crippen MR) is 178 cm³/mol. The molecule has 5 aliphatic carbocycles. The van der Waals surface area contributed by atoms with Crippen LogP contribution in [0.2, 0.25) is 0 Å². The van der Waals surface area contributed by atoms with Crippen molar-refractivity contribution in [2.75, 3.05) is 7.11 Å². The molecule has 2 spiro atoms. The van der Waals surface area contributed by atoms with Crippen LogP contribution in [0, 0.1) is 50.7 Å². The number of carbonyl (C=O) groups is 1. The standard InChI is InChI=1S/C40H58O4/c1-26(2)10-9-11-27(3)29-18-20-38(7)33-16-15-32-36(4,5)34(19-21-39(32)25-40(33,39)23-22-37(29,38)6)44-35(42)17-13-28-12-14-30(41)31(24-28)43-8/h10,12-14,17,24,27,29,32-34,41H,9,11,15-16,18-23,25H2,1-8H3/b17-13-/t27-,29-,32-,33+,34+,37-,38+,39-,40+/m1/s1. The smallest absolute Gasteiger partial charge is 0.331 e. The number of esters is 1. The third-order valence-corrected chi connectivity index (χ3v) is 14.8. The summed E-state index contributed by atoms with van der Waals surface area (Å²) in [6, 6.07) is 5.09. The van der Waals surface area contributed by atoms with Crippen LogP contribution in [0.15, 0.2) is 35.9 Å². The number of carbonyl (C=O) groups excluding carboxylic acids is 1. The molecule has 5 aliphatic rings. The molecule has 0 aliphatic heterocycles. The molecule has 0 amide bonds. The molecular formula is C40H58O4. The van der Waals surface area contributed by atoms with Crippen LogP contribution in [0.25, 0.3) is 6.08 Å². The summed E-state index contributed by atoms with van der Waals surface area (Å²) in [5, 5.41) is 9.88. The maximum Gasteiger partial charge on any atom is 0.331 e. The van der Waals surface area contributed by atoms with E-state index in [1.807, 2.05) is 0 Å². The molecule has 0 radical (unpaired) electrons. The Bertz CT molecular complexity index is 1340. The average molecular weight is 603 g/mol. The minimum absolute atomic E-state index is 0.0305. The third kappa shape index (κ3) is 4.62. The van der Waals surface area contributed by atoms with Gasteiger partial charge in [-0.2, -0.15) is 0 Å². The Balaban J connectivity index is 1.15. The molecule has 1 aromatic carbocycles. The van der Waals surface area contributed by atoms with E-state index in [0.717, 1.165) is 29.7 Å². The highest BCUT2D eigenvalue weighted by Crippen LogP contribution is 2.89. The summed E-state index contributed by atoms with van der Waals surface area (Å²) in [4.78, 5) is 13.1. The quantitative estimate of drug-likeness (QED) is 0.183. The maximum atomic E-state index is 13.1. The first-order valence-electron chi connectivity index (χ1n) is 17.6. The molecule has 0 aromatic heterocycles. The van der Waals surface area contributed by atoms with Crippen LogP contribution in [0.5, 0.6) is 11.5 Å². The fourth-order valence-corrected chi connectivity index (χ4v) is 12.5. The van der Waals surface area contributed by atoms with Gasteiger partial charge in [-0.3, -0.25) is 0 Å². The molecule has 1 N–H and O–H groups in total.